The van der Waals surface area contributed by atoms with Crippen LogP contribution in [-0.4, -0.2) is 38.3 Å². The lowest BCUT2D eigenvalue weighted by molar-refractivity contribution is -0.926. The minimum atomic E-state index is -0.138. The quantitative estimate of drug-likeness (QED) is 0.783. The van der Waals surface area contributed by atoms with Crippen molar-refractivity contribution in [1.29, 1.82) is 0 Å². The van der Waals surface area contributed by atoms with Gasteiger partial charge in [-0.3, -0.25) is 0 Å². The molecule has 1 fully saturated rings. The van der Waals surface area contributed by atoms with Gasteiger partial charge in [0, 0.05) is 30.6 Å². The molecule has 1 aliphatic rings. The molecule has 5 heteroatoms. The Bertz CT molecular complexity index is 468. The minimum absolute atomic E-state index is 0.138. The summed E-state index contributed by atoms with van der Waals surface area (Å²) in [6, 6.07) is 8.18. The first-order valence-corrected chi connectivity index (χ1v) is 7.64. The first kappa shape index (κ1) is 15.6. The molecule has 0 spiro atoms. The number of hydrogen-bond donors (Lipinski definition) is 3. The Labute approximate surface area is 126 Å². The molecule has 1 saturated heterocycles. The molecule has 0 radical (unpaired) electrons. The maximum atomic E-state index is 12.0. The van der Waals surface area contributed by atoms with E-state index in [1.807, 2.05) is 24.3 Å². The maximum Gasteiger partial charge on any atom is 0.319 e. The summed E-state index contributed by atoms with van der Waals surface area (Å²) in [6.07, 6.45) is 2.08. The lowest BCUT2D eigenvalue weighted by Crippen LogP contribution is -3.16. The summed E-state index contributed by atoms with van der Waals surface area (Å²) in [4.78, 5) is 13.7. The van der Waals surface area contributed by atoms with Gasteiger partial charge in [-0.2, -0.15) is 0 Å². The van der Waals surface area contributed by atoms with Crippen LogP contribution < -0.4 is 20.3 Å². The van der Waals surface area contributed by atoms with Gasteiger partial charge in [-0.1, -0.05) is 6.07 Å². The molecule has 1 aromatic rings. The summed E-state index contributed by atoms with van der Waals surface area (Å²) in [5.74, 6) is 0.738. The molecule has 1 heterocycles. The number of benzene rings is 1. The summed E-state index contributed by atoms with van der Waals surface area (Å²) in [5.41, 5.74) is 0.747. The zero-order chi connectivity index (χ0) is 15.2. The number of methoxy groups -OCH3 is 1. The molecule has 0 bridgehead atoms. The van der Waals surface area contributed by atoms with Gasteiger partial charge in [0.15, 0.2) is 0 Å². The van der Waals surface area contributed by atoms with Gasteiger partial charge < -0.3 is 20.3 Å². The number of ether oxygens (including phenoxy) is 1. The number of carbonyl (C=O) groups is 1. The highest BCUT2D eigenvalue weighted by molar-refractivity contribution is 5.89. The first-order chi connectivity index (χ1) is 10.1. The fourth-order valence-corrected chi connectivity index (χ4v) is 2.76. The zero-order valence-corrected chi connectivity index (χ0v) is 13.1. The molecule has 0 aromatic heterocycles. The molecule has 0 saturated carbocycles. The Kier molecular flexibility index (Phi) is 5.44. The Balaban J connectivity index is 1.80. The van der Waals surface area contributed by atoms with E-state index in [1.165, 1.54) is 0 Å². The van der Waals surface area contributed by atoms with Crippen molar-refractivity contribution in [1.82, 2.24) is 5.32 Å². The zero-order valence-electron chi connectivity index (χ0n) is 13.1. The average Bonchev–Trinajstić information content (AvgIpc) is 2.47. The fraction of sp³-hybridized carbons (Fsp3) is 0.562. The summed E-state index contributed by atoms with van der Waals surface area (Å²) >= 11 is 0. The molecule has 5 nitrogen and oxygen atoms in total. The number of quaternary nitrogens is 1. The van der Waals surface area contributed by atoms with Crippen LogP contribution in [0.3, 0.4) is 0 Å². The van der Waals surface area contributed by atoms with Crippen molar-refractivity contribution in [3.63, 3.8) is 0 Å². The molecule has 0 unspecified atom stereocenters. The second kappa shape index (κ2) is 7.31. The predicted octanol–water partition coefficient (Wildman–Crippen LogP) is 1.27. The van der Waals surface area contributed by atoms with Crippen LogP contribution in [0, 0.1) is 0 Å². The van der Waals surface area contributed by atoms with Crippen molar-refractivity contribution in [2.75, 3.05) is 25.5 Å². The minimum Gasteiger partial charge on any atom is -0.497 e. The van der Waals surface area contributed by atoms with Gasteiger partial charge in [-0.05, 0) is 26.0 Å². The van der Waals surface area contributed by atoms with Crippen LogP contribution >= 0.6 is 0 Å². The van der Waals surface area contributed by atoms with E-state index in [2.05, 4.69) is 24.5 Å². The van der Waals surface area contributed by atoms with E-state index < -0.39 is 0 Å². The number of anilines is 1. The number of amides is 2. The summed E-state index contributed by atoms with van der Waals surface area (Å²) < 4.78 is 5.15. The van der Waals surface area contributed by atoms with Crippen molar-refractivity contribution >= 4 is 11.7 Å². The molecule has 1 aliphatic heterocycles. The summed E-state index contributed by atoms with van der Waals surface area (Å²) in [6.45, 7) is 6.75. The Morgan fingerprint density at radius 2 is 2.05 bits per heavy atom. The summed E-state index contributed by atoms with van der Waals surface area (Å²) in [5, 5.41) is 5.92. The van der Waals surface area contributed by atoms with Crippen LogP contribution in [0.25, 0.3) is 0 Å². The van der Waals surface area contributed by atoms with Crippen LogP contribution in [-0.2, 0) is 0 Å². The number of rotatable bonds is 4. The van der Waals surface area contributed by atoms with E-state index in [9.17, 15) is 4.79 Å². The lowest BCUT2D eigenvalue weighted by atomic mass is 10.0. The SMILES string of the molecule is COc1cccc(NC(=O)NC2CC[NH+](C(C)C)CC2)c1. The molecular weight excluding hydrogens is 266 g/mol. The normalized spacial score (nSPS) is 21.9. The van der Waals surface area contributed by atoms with Crippen molar-refractivity contribution in [2.24, 2.45) is 0 Å². The van der Waals surface area contributed by atoms with E-state index in [4.69, 9.17) is 4.74 Å². The van der Waals surface area contributed by atoms with Gasteiger partial charge in [-0.25, -0.2) is 4.79 Å². The van der Waals surface area contributed by atoms with E-state index in [0.717, 1.165) is 37.4 Å². The number of piperidine rings is 1. The number of urea groups is 1. The monoisotopic (exact) mass is 292 g/mol. The van der Waals surface area contributed by atoms with Crippen LogP contribution in [0.15, 0.2) is 24.3 Å². The first-order valence-electron chi connectivity index (χ1n) is 7.64. The van der Waals surface area contributed by atoms with E-state index >= 15 is 0 Å². The smallest absolute Gasteiger partial charge is 0.319 e. The van der Waals surface area contributed by atoms with Gasteiger partial charge in [0.05, 0.1) is 26.2 Å². The molecule has 1 aromatic carbocycles. The second-order valence-electron chi connectivity index (χ2n) is 5.92. The maximum absolute atomic E-state index is 12.0. The van der Waals surface area contributed by atoms with E-state index in [0.29, 0.717) is 6.04 Å². The van der Waals surface area contributed by atoms with Gasteiger partial charge in [0.1, 0.15) is 5.75 Å². The Morgan fingerprint density at radius 1 is 1.33 bits per heavy atom. The Hall–Kier alpha value is -1.75. The summed E-state index contributed by atoms with van der Waals surface area (Å²) in [7, 11) is 1.62. The number of likely N-dealkylation sites (tertiary alicyclic amines) is 1. The van der Waals surface area contributed by atoms with Gasteiger partial charge >= 0.3 is 6.03 Å². The van der Waals surface area contributed by atoms with Gasteiger partial charge in [-0.15, -0.1) is 0 Å². The second-order valence-corrected chi connectivity index (χ2v) is 5.92. The standard InChI is InChI=1S/C16H25N3O2/c1-12(2)19-9-7-13(8-10-19)17-16(20)18-14-5-4-6-15(11-14)21-3/h4-6,11-13H,7-10H2,1-3H3,(H2,17,18,20)/p+1. The molecule has 2 rings (SSSR count). The van der Waals surface area contributed by atoms with Crippen LogP contribution in [0.5, 0.6) is 5.75 Å². The van der Waals surface area contributed by atoms with Crippen molar-refractivity contribution < 1.29 is 14.4 Å². The molecule has 0 atom stereocenters. The van der Waals surface area contributed by atoms with Crippen molar-refractivity contribution in [3.05, 3.63) is 24.3 Å². The molecule has 116 valence electrons. The number of hydrogen-bond acceptors (Lipinski definition) is 2. The molecule has 21 heavy (non-hydrogen) atoms. The van der Waals surface area contributed by atoms with Crippen LogP contribution in [0.4, 0.5) is 10.5 Å². The molecular formula is C16H26N3O2+. The third kappa shape index (κ3) is 4.63. The fourth-order valence-electron chi connectivity index (χ4n) is 2.76. The lowest BCUT2D eigenvalue weighted by Gasteiger charge is -2.32. The number of nitrogens with one attached hydrogen (secondary N) is 3. The third-order valence-electron chi connectivity index (χ3n) is 4.11. The van der Waals surface area contributed by atoms with Crippen LogP contribution in [0.2, 0.25) is 0 Å². The van der Waals surface area contributed by atoms with E-state index in [-0.39, 0.29) is 12.1 Å². The molecule has 0 aliphatic carbocycles. The Morgan fingerprint density at radius 3 is 2.67 bits per heavy atom. The topological polar surface area (TPSA) is 54.8 Å². The molecule has 2 amide bonds. The van der Waals surface area contributed by atoms with Crippen molar-refractivity contribution in [3.8, 4) is 5.75 Å². The highest BCUT2D eigenvalue weighted by atomic mass is 16.5. The predicted molar refractivity (Wildman–Crippen MR) is 84.0 cm³/mol. The van der Waals surface area contributed by atoms with Crippen molar-refractivity contribution in [2.45, 2.75) is 38.8 Å². The van der Waals surface area contributed by atoms with Crippen LogP contribution in [0.1, 0.15) is 26.7 Å². The number of carbonyl (C=O) groups excluding carboxylic acids is 1. The largest absolute Gasteiger partial charge is 0.497 e. The molecule has 3 N–H and O–H groups in total. The highest BCUT2D eigenvalue weighted by Gasteiger charge is 2.24. The third-order valence-corrected chi connectivity index (χ3v) is 4.11. The highest BCUT2D eigenvalue weighted by Crippen LogP contribution is 2.16. The average molecular weight is 292 g/mol. The van der Waals surface area contributed by atoms with E-state index in [1.54, 1.807) is 12.0 Å². The van der Waals surface area contributed by atoms with Gasteiger partial charge in [0.2, 0.25) is 0 Å². The van der Waals surface area contributed by atoms with Gasteiger partial charge in [0.25, 0.3) is 0 Å².